The van der Waals surface area contributed by atoms with Gasteiger partial charge in [-0.2, -0.15) is 0 Å². The van der Waals surface area contributed by atoms with E-state index < -0.39 is 11.9 Å². The molecule has 0 aromatic carbocycles. The van der Waals surface area contributed by atoms with E-state index >= 15 is 0 Å². The number of aromatic nitrogens is 1. The lowest BCUT2D eigenvalue weighted by molar-refractivity contribution is -0.143. The van der Waals surface area contributed by atoms with Crippen LogP contribution in [0.3, 0.4) is 0 Å². The summed E-state index contributed by atoms with van der Waals surface area (Å²) in [6, 6.07) is 1.26. The largest absolute Gasteiger partial charge is 0.465 e. The quantitative estimate of drug-likeness (QED) is 0.749. The van der Waals surface area contributed by atoms with Crippen molar-refractivity contribution in [1.82, 2.24) is 9.88 Å². The molecule has 6 nitrogen and oxygen atoms in total. The Kier molecular flexibility index (Phi) is 4.45. The van der Waals surface area contributed by atoms with Crippen LogP contribution in [0, 0.1) is 0 Å². The zero-order valence-electron chi connectivity index (χ0n) is 9.73. The number of nitrogens with one attached hydrogen (secondary N) is 1. The molecule has 0 radical (unpaired) electrons. The number of likely N-dealkylation sites (N-methyl/N-ethyl adjacent to an activating group) is 1. The van der Waals surface area contributed by atoms with E-state index in [1.165, 1.54) is 25.5 Å². The monoisotopic (exact) mass is 238 g/mol. The molecule has 6 heteroatoms. The van der Waals surface area contributed by atoms with E-state index in [-0.39, 0.29) is 24.1 Å². The summed E-state index contributed by atoms with van der Waals surface area (Å²) >= 11 is 0. The van der Waals surface area contributed by atoms with Gasteiger partial charge in [0, 0.05) is 25.5 Å². The van der Waals surface area contributed by atoms with Crippen LogP contribution in [0.4, 0.5) is 0 Å². The van der Waals surface area contributed by atoms with Gasteiger partial charge in [0.25, 0.3) is 5.91 Å². The summed E-state index contributed by atoms with van der Waals surface area (Å²) in [5.41, 5.74) is -0.385. The Hall–Kier alpha value is -2.11. The number of carbonyl (C=O) groups excluding carboxylic acids is 2. The number of hydrogen-bond acceptors (Lipinski definition) is 4. The van der Waals surface area contributed by atoms with Crippen LogP contribution < -0.4 is 5.43 Å². The van der Waals surface area contributed by atoms with Crippen molar-refractivity contribution in [1.29, 1.82) is 0 Å². The number of nitrogens with zero attached hydrogens (tertiary/aromatic N) is 1. The first kappa shape index (κ1) is 13.0. The van der Waals surface area contributed by atoms with Crippen molar-refractivity contribution < 1.29 is 14.3 Å². The van der Waals surface area contributed by atoms with Gasteiger partial charge in [0.2, 0.25) is 0 Å². The minimum Gasteiger partial charge on any atom is -0.465 e. The smallest absolute Gasteiger partial charge is 0.325 e. The molecule has 17 heavy (non-hydrogen) atoms. The van der Waals surface area contributed by atoms with Crippen LogP contribution in [0.5, 0.6) is 0 Å². The number of carbonyl (C=O) groups is 2. The number of hydrogen-bond donors (Lipinski definition) is 1. The summed E-state index contributed by atoms with van der Waals surface area (Å²) in [5, 5.41) is 0. The average Bonchev–Trinajstić information content (AvgIpc) is 2.29. The molecule has 0 atom stereocenters. The highest BCUT2D eigenvalue weighted by molar-refractivity contribution is 5.95. The van der Waals surface area contributed by atoms with Gasteiger partial charge in [-0.05, 0) is 6.92 Å². The van der Waals surface area contributed by atoms with E-state index in [9.17, 15) is 14.4 Å². The lowest BCUT2D eigenvalue weighted by Crippen LogP contribution is -2.35. The van der Waals surface area contributed by atoms with Crippen molar-refractivity contribution in [2.45, 2.75) is 6.92 Å². The summed E-state index contributed by atoms with van der Waals surface area (Å²) in [4.78, 5) is 38.2. The number of ether oxygens (including phenoxy) is 1. The molecule has 0 aliphatic rings. The Morgan fingerprint density at radius 2 is 2.18 bits per heavy atom. The molecule has 1 heterocycles. The molecule has 1 aromatic rings. The fourth-order valence-corrected chi connectivity index (χ4v) is 1.26. The number of rotatable bonds is 4. The molecule has 1 N–H and O–H groups in total. The van der Waals surface area contributed by atoms with Crippen molar-refractivity contribution in [3.05, 3.63) is 34.2 Å². The third-order valence-electron chi connectivity index (χ3n) is 2.07. The van der Waals surface area contributed by atoms with Crippen molar-refractivity contribution in [3.63, 3.8) is 0 Å². The lowest BCUT2D eigenvalue weighted by Gasteiger charge is -2.15. The van der Waals surface area contributed by atoms with Gasteiger partial charge in [0.05, 0.1) is 6.61 Å². The molecular weight excluding hydrogens is 224 g/mol. The molecule has 1 aromatic heterocycles. The molecule has 92 valence electrons. The molecule has 0 saturated carbocycles. The van der Waals surface area contributed by atoms with Crippen LogP contribution in [0.25, 0.3) is 0 Å². The second-order valence-corrected chi connectivity index (χ2v) is 3.39. The van der Waals surface area contributed by atoms with E-state index in [2.05, 4.69) is 4.98 Å². The number of amides is 1. The van der Waals surface area contributed by atoms with E-state index in [1.807, 2.05) is 0 Å². The first-order valence-corrected chi connectivity index (χ1v) is 5.14. The Morgan fingerprint density at radius 3 is 2.76 bits per heavy atom. The fourth-order valence-electron chi connectivity index (χ4n) is 1.26. The molecule has 0 saturated heterocycles. The van der Waals surface area contributed by atoms with E-state index in [1.54, 1.807) is 6.92 Å². The lowest BCUT2D eigenvalue weighted by atomic mass is 10.2. The van der Waals surface area contributed by atoms with E-state index in [0.29, 0.717) is 0 Å². The first-order valence-electron chi connectivity index (χ1n) is 5.14. The molecule has 0 bridgehead atoms. The minimum absolute atomic E-state index is 0.000650. The standard InChI is InChI=1S/C11H14N2O4/c1-3-17-10(15)7-13(2)11(16)8-6-12-5-4-9(8)14/h4-6H,3,7H2,1-2H3,(H,12,14). The molecule has 0 aliphatic carbocycles. The summed E-state index contributed by atoms with van der Waals surface area (Å²) in [7, 11) is 1.44. The number of H-pyrrole nitrogens is 1. The predicted octanol–water partition coefficient (Wildman–Crippen LogP) is 0.01000. The van der Waals surface area contributed by atoms with Gasteiger partial charge in [-0.25, -0.2) is 0 Å². The molecule has 1 amide bonds. The highest BCUT2D eigenvalue weighted by Crippen LogP contribution is 1.96. The zero-order valence-corrected chi connectivity index (χ0v) is 9.73. The van der Waals surface area contributed by atoms with Crippen molar-refractivity contribution in [2.24, 2.45) is 0 Å². The summed E-state index contributed by atoms with van der Waals surface area (Å²) in [5.74, 6) is -1.02. The Bertz CT molecular complexity index is 467. The zero-order chi connectivity index (χ0) is 12.8. The van der Waals surface area contributed by atoms with Crippen LogP contribution in [-0.2, 0) is 9.53 Å². The maximum absolute atomic E-state index is 11.8. The van der Waals surface area contributed by atoms with Gasteiger partial charge in [-0.15, -0.1) is 0 Å². The highest BCUT2D eigenvalue weighted by atomic mass is 16.5. The Morgan fingerprint density at radius 1 is 1.47 bits per heavy atom. The first-order chi connectivity index (χ1) is 8.06. The minimum atomic E-state index is -0.514. The summed E-state index contributed by atoms with van der Waals surface area (Å²) in [6.07, 6.45) is 2.75. The van der Waals surface area contributed by atoms with Crippen molar-refractivity contribution >= 4 is 11.9 Å². The van der Waals surface area contributed by atoms with Crippen LogP contribution >= 0.6 is 0 Å². The van der Waals surface area contributed by atoms with Gasteiger partial charge in [0.1, 0.15) is 12.1 Å². The predicted molar refractivity (Wildman–Crippen MR) is 60.7 cm³/mol. The average molecular weight is 238 g/mol. The SMILES string of the molecule is CCOC(=O)CN(C)C(=O)c1c[nH]ccc1=O. The fraction of sp³-hybridized carbons (Fsp3) is 0.364. The van der Waals surface area contributed by atoms with E-state index in [0.717, 1.165) is 4.90 Å². The summed E-state index contributed by atoms with van der Waals surface area (Å²) < 4.78 is 4.71. The second kappa shape index (κ2) is 5.83. The van der Waals surface area contributed by atoms with Crippen LogP contribution in [0.2, 0.25) is 0 Å². The van der Waals surface area contributed by atoms with E-state index in [4.69, 9.17) is 4.74 Å². The molecular formula is C11H14N2O4. The molecule has 0 spiro atoms. The molecule has 0 unspecified atom stereocenters. The topological polar surface area (TPSA) is 79.5 Å². The van der Waals surface area contributed by atoms with Crippen LogP contribution in [0.1, 0.15) is 17.3 Å². The van der Waals surface area contributed by atoms with Crippen molar-refractivity contribution in [3.8, 4) is 0 Å². The van der Waals surface area contributed by atoms with Gasteiger partial charge in [-0.1, -0.05) is 0 Å². The number of pyridine rings is 1. The molecule has 0 aliphatic heterocycles. The number of aromatic amines is 1. The van der Waals surface area contributed by atoms with Gasteiger partial charge < -0.3 is 14.6 Å². The van der Waals surface area contributed by atoms with Gasteiger partial charge in [-0.3, -0.25) is 14.4 Å². The number of esters is 1. The Labute approximate surface area is 98.2 Å². The van der Waals surface area contributed by atoms with Gasteiger partial charge >= 0.3 is 5.97 Å². The normalized spacial score (nSPS) is 9.76. The van der Waals surface area contributed by atoms with Crippen LogP contribution in [0.15, 0.2) is 23.3 Å². The third-order valence-corrected chi connectivity index (χ3v) is 2.07. The second-order valence-electron chi connectivity index (χ2n) is 3.39. The Balaban J connectivity index is 2.74. The highest BCUT2D eigenvalue weighted by Gasteiger charge is 2.17. The third kappa shape index (κ3) is 3.44. The summed E-state index contributed by atoms with van der Waals surface area (Å²) in [6.45, 7) is 1.76. The van der Waals surface area contributed by atoms with Crippen LogP contribution in [-0.4, -0.2) is 42.0 Å². The van der Waals surface area contributed by atoms with Crippen molar-refractivity contribution in [2.75, 3.05) is 20.2 Å². The maximum atomic E-state index is 11.8. The maximum Gasteiger partial charge on any atom is 0.325 e. The molecule has 1 rings (SSSR count). The molecule has 0 fully saturated rings. The van der Waals surface area contributed by atoms with Gasteiger partial charge in [0.15, 0.2) is 5.43 Å².